The maximum Gasteiger partial charge on any atom is 0.152 e. The van der Waals surface area contributed by atoms with E-state index in [1.54, 1.807) is 0 Å². The van der Waals surface area contributed by atoms with Crippen molar-refractivity contribution in [3.05, 3.63) is 0 Å². The summed E-state index contributed by atoms with van der Waals surface area (Å²) in [5.74, 6) is 0. The second-order valence-corrected chi connectivity index (χ2v) is 3.20. The molecule has 2 unspecified atom stereocenters. The predicted octanol–water partition coefficient (Wildman–Crippen LogP) is 1.77. The van der Waals surface area contributed by atoms with E-state index >= 15 is 0 Å². The minimum Gasteiger partial charge on any atom is -0.275 e. The van der Waals surface area contributed by atoms with Gasteiger partial charge in [0.25, 0.3) is 0 Å². The molecular formula is C7H15NO. The second-order valence-electron chi connectivity index (χ2n) is 3.20. The van der Waals surface area contributed by atoms with E-state index in [1.807, 2.05) is 5.06 Å². The molecule has 1 aliphatic heterocycles. The molecule has 0 N–H and O–H groups in total. The molecule has 54 valence electrons. The van der Waals surface area contributed by atoms with Crippen LogP contribution in [0, 0.1) is 0 Å². The van der Waals surface area contributed by atoms with Crippen LogP contribution in [0.3, 0.4) is 0 Å². The van der Waals surface area contributed by atoms with Crippen LogP contribution in [0.1, 0.15) is 34.1 Å². The highest BCUT2D eigenvalue weighted by Gasteiger charge is 2.42. The Balaban J connectivity index is 2.41. The Morgan fingerprint density at radius 2 is 2.00 bits per heavy atom. The fraction of sp³-hybridized carbons (Fsp3) is 1.00. The predicted molar refractivity (Wildman–Crippen MR) is 36.8 cm³/mol. The number of nitrogens with zero attached hydrogens (tertiary/aromatic N) is 1. The fourth-order valence-electron chi connectivity index (χ4n) is 0.928. The zero-order valence-electron chi connectivity index (χ0n) is 6.64. The van der Waals surface area contributed by atoms with Gasteiger partial charge in [0.1, 0.15) is 0 Å². The smallest absolute Gasteiger partial charge is 0.152 e. The van der Waals surface area contributed by atoms with Gasteiger partial charge in [-0.05, 0) is 27.2 Å². The minimum absolute atomic E-state index is 0.236. The molecule has 0 bridgehead atoms. The minimum atomic E-state index is 0.236. The van der Waals surface area contributed by atoms with Gasteiger partial charge in [-0.3, -0.25) is 4.84 Å². The van der Waals surface area contributed by atoms with E-state index < -0.39 is 0 Å². The number of hydrogen-bond donors (Lipinski definition) is 0. The van der Waals surface area contributed by atoms with Crippen molar-refractivity contribution in [2.75, 3.05) is 0 Å². The summed E-state index contributed by atoms with van der Waals surface area (Å²) in [7, 11) is 0. The average molecular weight is 129 g/mol. The molecule has 1 heterocycles. The third kappa shape index (κ3) is 1.25. The Morgan fingerprint density at radius 1 is 1.56 bits per heavy atom. The van der Waals surface area contributed by atoms with Crippen LogP contribution in [0.2, 0.25) is 0 Å². The van der Waals surface area contributed by atoms with Crippen LogP contribution in [0.5, 0.6) is 0 Å². The molecule has 0 spiro atoms. The van der Waals surface area contributed by atoms with E-state index in [-0.39, 0.29) is 5.54 Å². The molecule has 0 aliphatic carbocycles. The first kappa shape index (κ1) is 7.03. The molecule has 0 aromatic carbocycles. The van der Waals surface area contributed by atoms with Gasteiger partial charge in [0, 0.05) is 5.54 Å². The molecule has 2 heteroatoms. The van der Waals surface area contributed by atoms with Crippen molar-refractivity contribution < 1.29 is 4.84 Å². The first-order valence-electron chi connectivity index (χ1n) is 3.54. The van der Waals surface area contributed by atoms with Crippen molar-refractivity contribution in [1.29, 1.82) is 0 Å². The molecular weight excluding hydrogens is 114 g/mol. The first-order chi connectivity index (χ1) is 4.08. The second kappa shape index (κ2) is 1.96. The van der Waals surface area contributed by atoms with Gasteiger partial charge in [-0.1, -0.05) is 6.92 Å². The first-order valence-corrected chi connectivity index (χ1v) is 3.54. The third-order valence-electron chi connectivity index (χ3n) is 2.01. The van der Waals surface area contributed by atoms with E-state index in [9.17, 15) is 0 Å². The summed E-state index contributed by atoms with van der Waals surface area (Å²) < 4.78 is 0. The van der Waals surface area contributed by atoms with Gasteiger partial charge in [-0.15, -0.1) is 0 Å². The zero-order valence-corrected chi connectivity index (χ0v) is 6.64. The molecule has 9 heavy (non-hydrogen) atoms. The van der Waals surface area contributed by atoms with E-state index in [1.165, 1.54) is 0 Å². The van der Waals surface area contributed by atoms with Crippen LogP contribution in [-0.4, -0.2) is 16.8 Å². The SMILES string of the molecule is CCC(C)(C)N1OC1C. The molecule has 1 saturated heterocycles. The van der Waals surface area contributed by atoms with Crippen molar-refractivity contribution in [2.24, 2.45) is 0 Å². The zero-order chi connectivity index (χ0) is 7.07. The lowest BCUT2D eigenvalue weighted by molar-refractivity contribution is 0.0845. The molecule has 0 saturated carbocycles. The number of rotatable bonds is 2. The topological polar surface area (TPSA) is 15.5 Å². The van der Waals surface area contributed by atoms with Crippen molar-refractivity contribution >= 4 is 0 Å². The highest BCUT2D eigenvalue weighted by molar-refractivity contribution is 4.80. The lowest BCUT2D eigenvalue weighted by atomic mass is 10.0. The van der Waals surface area contributed by atoms with Gasteiger partial charge in [0.05, 0.1) is 0 Å². The van der Waals surface area contributed by atoms with Gasteiger partial charge in [-0.2, -0.15) is 5.06 Å². The van der Waals surface area contributed by atoms with E-state index in [0.29, 0.717) is 6.23 Å². The van der Waals surface area contributed by atoms with Gasteiger partial charge in [0.15, 0.2) is 6.23 Å². The Labute approximate surface area is 56.8 Å². The van der Waals surface area contributed by atoms with Crippen LogP contribution >= 0.6 is 0 Å². The molecule has 2 nitrogen and oxygen atoms in total. The molecule has 0 radical (unpaired) electrons. The Bertz CT molecular complexity index is 111. The Hall–Kier alpha value is -0.0800. The van der Waals surface area contributed by atoms with Crippen LogP contribution in [0.4, 0.5) is 0 Å². The molecule has 0 aromatic rings. The number of hydrogen-bond acceptors (Lipinski definition) is 2. The largest absolute Gasteiger partial charge is 0.275 e. The summed E-state index contributed by atoms with van der Waals surface area (Å²) in [4.78, 5) is 5.21. The van der Waals surface area contributed by atoms with Gasteiger partial charge < -0.3 is 0 Å². The van der Waals surface area contributed by atoms with Crippen LogP contribution < -0.4 is 0 Å². The van der Waals surface area contributed by atoms with E-state index in [4.69, 9.17) is 4.84 Å². The lowest BCUT2D eigenvalue weighted by Crippen LogP contribution is -2.30. The van der Waals surface area contributed by atoms with Crippen LogP contribution in [0.25, 0.3) is 0 Å². The highest BCUT2D eigenvalue weighted by atomic mass is 16.8. The summed E-state index contributed by atoms with van der Waals surface area (Å²) in [6.07, 6.45) is 1.48. The molecule has 0 aromatic heterocycles. The van der Waals surface area contributed by atoms with Crippen molar-refractivity contribution in [3.63, 3.8) is 0 Å². The average Bonchev–Trinajstić information content (AvgIpc) is 2.47. The lowest BCUT2D eigenvalue weighted by Gasteiger charge is -2.20. The third-order valence-corrected chi connectivity index (χ3v) is 2.01. The van der Waals surface area contributed by atoms with Crippen molar-refractivity contribution in [3.8, 4) is 0 Å². The molecule has 2 atom stereocenters. The number of hydroxylamine groups is 2. The van der Waals surface area contributed by atoms with Gasteiger partial charge >= 0.3 is 0 Å². The van der Waals surface area contributed by atoms with Gasteiger partial charge in [0.2, 0.25) is 0 Å². The van der Waals surface area contributed by atoms with Crippen LogP contribution in [0.15, 0.2) is 0 Å². The molecule has 1 fully saturated rings. The summed E-state index contributed by atoms with van der Waals surface area (Å²) in [6.45, 7) is 8.62. The van der Waals surface area contributed by atoms with Gasteiger partial charge in [-0.25, -0.2) is 0 Å². The van der Waals surface area contributed by atoms with E-state index in [0.717, 1.165) is 6.42 Å². The quantitative estimate of drug-likeness (QED) is 0.528. The maximum atomic E-state index is 5.21. The summed E-state index contributed by atoms with van der Waals surface area (Å²) in [5, 5.41) is 2.03. The Morgan fingerprint density at radius 3 is 2.11 bits per heavy atom. The fourth-order valence-corrected chi connectivity index (χ4v) is 0.928. The molecule has 1 rings (SSSR count). The van der Waals surface area contributed by atoms with Crippen molar-refractivity contribution in [2.45, 2.75) is 45.9 Å². The summed E-state index contributed by atoms with van der Waals surface area (Å²) in [6, 6.07) is 0. The summed E-state index contributed by atoms with van der Waals surface area (Å²) in [5.41, 5.74) is 0.236. The Kier molecular flexibility index (Phi) is 1.53. The monoisotopic (exact) mass is 129 g/mol. The summed E-state index contributed by atoms with van der Waals surface area (Å²) >= 11 is 0. The van der Waals surface area contributed by atoms with E-state index in [2.05, 4.69) is 27.7 Å². The van der Waals surface area contributed by atoms with Crippen molar-refractivity contribution in [1.82, 2.24) is 5.06 Å². The molecule has 1 aliphatic rings. The standard InChI is InChI=1S/C7H15NO/c1-5-7(3,4)8-6(2)9-8/h6H,5H2,1-4H3. The normalized spacial score (nSPS) is 34.7. The highest BCUT2D eigenvalue weighted by Crippen LogP contribution is 2.32. The van der Waals surface area contributed by atoms with Crippen LogP contribution in [-0.2, 0) is 4.84 Å². The maximum absolute atomic E-state index is 5.21. The molecule has 0 amide bonds.